The van der Waals surface area contributed by atoms with E-state index in [1.807, 2.05) is 6.20 Å². The van der Waals surface area contributed by atoms with E-state index < -0.39 is 0 Å². The Morgan fingerprint density at radius 2 is 2.29 bits per heavy atom. The Labute approximate surface area is 105 Å². The van der Waals surface area contributed by atoms with Crippen LogP contribution in [0.5, 0.6) is 0 Å². The van der Waals surface area contributed by atoms with Crippen molar-refractivity contribution in [1.82, 2.24) is 14.9 Å². The van der Waals surface area contributed by atoms with Gasteiger partial charge in [-0.3, -0.25) is 0 Å². The average Bonchev–Trinajstić information content (AvgIpc) is 2.70. The van der Waals surface area contributed by atoms with Gasteiger partial charge in [-0.25, -0.2) is 4.98 Å². The topological polar surface area (TPSA) is 29.9 Å². The summed E-state index contributed by atoms with van der Waals surface area (Å²) in [6.07, 6.45) is 7.80. The summed E-state index contributed by atoms with van der Waals surface area (Å²) in [6.45, 7) is 8.99. The van der Waals surface area contributed by atoms with Gasteiger partial charge in [0.1, 0.15) is 5.82 Å². The van der Waals surface area contributed by atoms with Crippen molar-refractivity contribution in [2.75, 3.05) is 13.1 Å². The van der Waals surface area contributed by atoms with Gasteiger partial charge in [0.15, 0.2) is 0 Å². The van der Waals surface area contributed by atoms with Gasteiger partial charge < -0.3 is 9.88 Å². The Hall–Kier alpha value is -0.830. The van der Waals surface area contributed by atoms with E-state index in [-0.39, 0.29) is 0 Å². The molecule has 1 fully saturated rings. The highest BCUT2D eigenvalue weighted by atomic mass is 15.1. The minimum Gasteiger partial charge on any atom is -0.332 e. The molecule has 2 unspecified atom stereocenters. The summed E-state index contributed by atoms with van der Waals surface area (Å²) in [6, 6.07) is 0.687. The molecule has 1 N–H and O–H groups in total. The molecule has 0 amide bonds. The van der Waals surface area contributed by atoms with E-state index in [9.17, 15) is 0 Å². The molecular weight excluding hydrogens is 210 g/mol. The fraction of sp³-hybridized carbons (Fsp3) is 0.786. The van der Waals surface area contributed by atoms with E-state index in [2.05, 4.69) is 41.8 Å². The quantitative estimate of drug-likeness (QED) is 0.821. The number of aryl methyl sites for hydroxylation is 1. The Balaban J connectivity index is 1.86. The molecule has 2 atom stereocenters. The normalized spacial score (nSPS) is 24.0. The van der Waals surface area contributed by atoms with Crippen molar-refractivity contribution in [3.05, 3.63) is 18.2 Å². The highest BCUT2D eigenvalue weighted by Crippen LogP contribution is 2.38. The second kappa shape index (κ2) is 5.67. The molecule has 0 bridgehead atoms. The number of hydrogen-bond acceptors (Lipinski definition) is 2. The first-order valence-electron chi connectivity index (χ1n) is 6.94. The lowest BCUT2D eigenvalue weighted by molar-refractivity contribution is 0.172. The maximum Gasteiger partial charge on any atom is 0.108 e. The second-order valence-corrected chi connectivity index (χ2v) is 5.56. The lowest BCUT2D eigenvalue weighted by atomic mass is 9.79. The molecule has 1 aromatic heterocycles. The number of rotatable bonds is 6. The molecule has 3 heteroatoms. The van der Waals surface area contributed by atoms with Crippen LogP contribution in [0.3, 0.4) is 0 Å². The van der Waals surface area contributed by atoms with Gasteiger partial charge in [0.25, 0.3) is 0 Å². The van der Waals surface area contributed by atoms with Crippen LogP contribution in [-0.2, 0) is 6.42 Å². The van der Waals surface area contributed by atoms with E-state index in [1.165, 1.54) is 18.7 Å². The first kappa shape index (κ1) is 12.6. The van der Waals surface area contributed by atoms with Crippen LogP contribution < -0.4 is 5.32 Å². The monoisotopic (exact) mass is 235 g/mol. The van der Waals surface area contributed by atoms with Crippen LogP contribution >= 0.6 is 0 Å². The minimum atomic E-state index is 0.687. The van der Waals surface area contributed by atoms with Gasteiger partial charge in [-0.05, 0) is 37.8 Å². The molecule has 1 saturated carbocycles. The van der Waals surface area contributed by atoms with Gasteiger partial charge in [0, 0.05) is 24.9 Å². The van der Waals surface area contributed by atoms with Gasteiger partial charge in [0.05, 0.1) is 0 Å². The van der Waals surface area contributed by atoms with Gasteiger partial charge in [-0.2, -0.15) is 0 Å². The van der Waals surface area contributed by atoms with Gasteiger partial charge in [0.2, 0.25) is 0 Å². The van der Waals surface area contributed by atoms with Crippen molar-refractivity contribution in [1.29, 1.82) is 0 Å². The van der Waals surface area contributed by atoms with Crippen molar-refractivity contribution >= 4 is 0 Å². The molecule has 0 aromatic carbocycles. The van der Waals surface area contributed by atoms with Crippen LogP contribution in [0.2, 0.25) is 0 Å². The molecule has 1 aromatic rings. The van der Waals surface area contributed by atoms with Gasteiger partial charge in [-0.1, -0.05) is 20.8 Å². The molecule has 0 radical (unpaired) electrons. The predicted molar refractivity (Wildman–Crippen MR) is 71.1 cm³/mol. The molecule has 0 spiro atoms. The van der Waals surface area contributed by atoms with Crippen LogP contribution in [0.15, 0.2) is 12.4 Å². The summed E-state index contributed by atoms with van der Waals surface area (Å²) in [4.78, 5) is 4.42. The van der Waals surface area contributed by atoms with Crippen LogP contribution in [0.4, 0.5) is 0 Å². The molecule has 17 heavy (non-hydrogen) atoms. The van der Waals surface area contributed by atoms with Gasteiger partial charge >= 0.3 is 0 Å². The number of nitrogens with one attached hydrogen (secondary N) is 1. The maximum absolute atomic E-state index is 4.42. The first-order valence-corrected chi connectivity index (χ1v) is 6.94. The summed E-state index contributed by atoms with van der Waals surface area (Å²) in [5.74, 6) is 2.78. The summed E-state index contributed by atoms with van der Waals surface area (Å²) in [5.41, 5.74) is 0. The van der Waals surface area contributed by atoms with Crippen LogP contribution in [0.1, 0.15) is 45.5 Å². The highest BCUT2D eigenvalue weighted by Gasteiger charge is 2.32. The van der Waals surface area contributed by atoms with Crippen LogP contribution in [-0.4, -0.2) is 22.6 Å². The Bertz CT molecular complexity index is 343. The third-order valence-corrected chi connectivity index (χ3v) is 3.76. The fourth-order valence-corrected chi connectivity index (χ4v) is 2.63. The fourth-order valence-electron chi connectivity index (χ4n) is 2.63. The van der Waals surface area contributed by atoms with Crippen molar-refractivity contribution in [2.45, 2.75) is 46.1 Å². The standard InChI is InChI=1S/C14H25N3/c1-4-14-16-7-8-17(14)13-6-5-12(13)10-15-9-11(2)3/h7-8,11-13,15H,4-6,9-10H2,1-3H3. The Morgan fingerprint density at radius 3 is 2.88 bits per heavy atom. The second-order valence-electron chi connectivity index (χ2n) is 5.56. The van der Waals surface area contributed by atoms with Crippen molar-refractivity contribution < 1.29 is 0 Å². The van der Waals surface area contributed by atoms with Crippen molar-refractivity contribution in [2.24, 2.45) is 11.8 Å². The smallest absolute Gasteiger partial charge is 0.108 e. The molecule has 0 aliphatic heterocycles. The van der Waals surface area contributed by atoms with Gasteiger partial charge in [-0.15, -0.1) is 0 Å². The van der Waals surface area contributed by atoms with E-state index in [1.54, 1.807) is 0 Å². The molecule has 1 heterocycles. The van der Waals surface area contributed by atoms with Crippen molar-refractivity contribution in [3.8, 4) is 0 Å². The SMILES string of the molecule is CCc1nccn1C1CCC1CNCC(C)C. The number of imidazole rings is 1. The number of hydrogen-bond donors (Lipinski definition) is 1. The largest absolute Gasteiger partial charge is 0.332 e. The van der Waals surface area contributed by atoms with E-state index in [4.69, 9.17) is 0 Å². The summed E-state index contributed by atoms with van der Waals surface area (Å²) >= 11 is 0. The Kier molecular flexibility index (Phi) is 4.21. The average molecular weight is 235 g/mol. The molecule has 96 valence electrons. The van der Waals surface area contributed by atoms with E-state index in [0.717, 1.165) is 31.3 Å². The Morgan fingerprint density at radius 1 is 1.47 bits per heavy atom. The lowest BCUT2D eigenvalue weighted by Gasteiger charge is -2.38. The third-order valence-electron chi connectivity index (χ3n) is 3.76. The maximum atomic E-state index is 4.42. The zero-order chi connectivity index (χ0) is 12.3. The molecule has 2 rings (SSSR count). The van der Waals surface area contributed by atoms with Crippen molar-refractivity contribution in [3.63, 3.8) is 0 Å². The summed E-state index contributed by atoms with van der Waals surface area (Å²) in [5, 5.41) is 3.58. The molecule has 3 nitrogen and oxygen atoms in total. The van der Waals surface area contributed by atoms with E-state index >= 15 is 0 Å². The first-order chi connectivity index (χ1) is 8.22. The molecular formula is C14H25N3. The zero-order valence-corrected chi connectivity index (χ0v) is 11.3. The predicted octanol–water partition coefficient (Wildman–Crippen LogP) is 2.64. The number of nitrogens with zero attached hydrogens (tertiary/aromatic N) is 2. The summed E-state index contributed by atoms with van der Waals surface area (Å²) in [7, 11) is 0. The molecule has 0 saturated heterocycles. The lowest BCUT2D eigenvalue weighted by Crippen LogP contribution is -2.38. The van der Waals surface area contributed by atoms with E-state index in [0.29, 0.717) is 6.04 Å². The minimum absolute atomic E-state index is 0.687. The molecule has 1 aliphatic carbocycles. The third kappa shape index (κ3) is 2.89. The zero-order valence-electron chi connectivity index (χ0n) is 11.3. The highest BCUT2D eigenvalue weighted by molar-refractivity contribution is 4.99. The van der Waals surface area contributed by atoms with Crippen LogP contribution in [0, 0.1) is 11.8 Å². The van der Waals surface area contributed by atoms with Crippen LogP contribution in [0.25, 0.3) is 0 Å². The summed E-state index contributed by atoms with van der Waals surface area (Å²) < 4.78 is 2.39. The number of aromatic nitrogens is 2. The molecule has 1 aliphatic rings.